The number of ether oxygens (including phenoxy) is 2. The highest BCUT2D eigenvalue weighted by atomic mass is 35.5. The van der Waals surface area contributed by atoms with Crippen LogP contribution in [0.25, 0.3) is 0 Å². The van der Waals surface area contributed by atoms with Gasteiger partial charge in [0.15, 0.2) is 5.16 Å². The summed E-state index contributed by atoms with van der Waals surface area (Å²) >= 11 is 14.7. The Morgan fingerprint density at radius 2 is 2.03 bits per heavy atom. The first-order valence-electron chi connectivity index (χ1n) is 10.8. The van der Waals surface area contributed by atoms with E-state index in [9.17, 15) is 9.59 Å². The number of hydrogen-bond acceptors (Lipinski definition) is 8. The molecule has 0 radical (unpaired) electrons. The molecule has 0 fully saturated rings. The van der Waals surface area contributed by atoms with Gasteiger partial charge in [0, 0.05) is 23.4 Å². The Bertz CT molecular complexity index is 1210. The smallest absolute Gasteiger partial charge is 0.341 e. The summed E-state index contributed by atoms with van der Waals surface area (Å²) in [7, 11) is 3.19. The van der Waals surface area contributed by atoms with Crippen LogP contribution >= 0.6 is 46.3 Å². The highest BCUT2D eigenvalue weighted by molar-refractivity contribution is 7.99. The van der Waals surface area contributed by atoms with E-state index in [1.54, 1.807) is 18.2 Å². The van der Waals surface area contributed by atoms with Gasteiger partial charge < -0.3 is 19.4 Å². The number of aromatic nitrogens is 3. The highest BCUT2D eigenvalue weighted by Gasteiger charge is 2.23. The van der Waals surface area contributed by atoms with Crippen molar-refractivity contribution in [3.8, 4) is 5.75 Å². The maximum absolute atomic E-state index is 12.6. The molecular formula is C23H26Cl2N4O4S2. The largest absolute Gasteiger partial charge is 0.492 e. The van der Waals surface area contributed by atoms with Gasteiger partial charge in [0.05, 0.1) is 30.1 Å². The molecule has 3 rings (SSSR count). The van der Waals surface area contributed by atoms with Gasteiger partial charge in [0.25, 0.3) is 0 Å². The van der Waals surface area contributed by atoms with Crippen molar-refractivity contribution in [3.63, 3.8) is 0 Å². The lowest BCUT2D eigenvalue weighted by atomic mass is 10.1. The molecule has 0 aliphatic carbocycles. The van der Waals surface area contributed by atoms with Crippen molar-refractivity contribution in [1.29, 1.82) is 0 Å². The van der Waals surface area contributed by atoms with Gasteiger partial charge in [-0.15, -0.1) is 21.5 Å². The normalized spacial score (nSPS) is 10.9. The molecule has 8 nitrogen and oxygen atoms in total. The van der Waals surface area contributed by atoms with Crippen LogP contribution in [0.5, 0.6) is 5.75 Å². The van der Waals surface area contributed by atoms with Gasteiger partial charge in [-0.25, -0.2) is 4.79 Å². The Hall–Kier alpha value is -2.27. The van der Waals surface area contributed by atoms with Crippen LogP contribution in [0.2, 0.25) is 10.0 Å². The predicted octanol–water partition coefficient (Wildman–Crippen LogP) is 5.58. The van der Waals surface area contributed by atoms with Gasteiger partial charge in [-0.05, 0) is 43.5 Å². The third-order valence-corrected chi connectivity index (χ3v) is 7.77. The van der Waals surface area contributed by atoms with Gasteiger partial charge in [-0.3, -0.25) is 4.79 Å². The molecule has 12 heteroatoms. The van der Waals surface area contributed by atoms with E-state index in [1.807, 2.05) is 25.5 Å². The van der Waals surface area contributed by atoms with Crippen LogP contribution in [0.4, 0.5) is 5.00 Å². The first-order chi connectivity index (χ1) is 16.7. The molecule has 3 aromatic rings. The number of thiophene rings is 1. The molecule has 0 saturated heterocycles. The summed E-state index contributed by atoms with van der Waals surface area (Å²) in [4.78, 5) is 25.8. The van der Waals surface area contributed by atoms with Gasteiger partial charge in [0.2, 0.25) is 5.91 Å². The Kier molecular flexibility index (Phi) is 9.85. The summed E-state index contributed by atoms with van der Waals surface area (Å²) in [6, 6.07) is 5.10. The number of rotatable bonds is 11. The number of nitrogens with one attached hydrogen (secondary N) is 1. The number of esters is 1. The summed E-state index contributed by atoms with van der Waals surface area (Å²) in [5.41, 5.74) is 1.32. The van der Waals surface area contributed by atoms with Crippen molar-refractivity contribution in [1.82, 2.24) is 14.8 Å². The van der Waals surface area contributed by atoms with Gasteiger partial charge in [0.1, 0.15) is 16.6 Å². The third-order valence-electron chi connectivity index (χ3n) is 5.16. The summed E-state index contributed by atoms with van der Waals surface area (Å²) in [6.45, 7) is 4.35. The molecule has 0 aliphatic rings. The number of carbonyl (C=O) groups excluding carboxylic acids is 2. The predicted molar refractivity (Wildman–Crippen MR) is 140 cm³/mol. The van der Waals surface area contributed by atoms with E-state index in [4.69, 9.17) is 32.7 Å². The van der Waals surface area contributed by atoms with Crippen molar-refractivity contribution < 1.29 is 19.1 Å². The lowest BCUT2D eigenvalue weighted by Crippen LogP contribution is -2.16. The number of anilines is 1. The lowest BCUT2D eigenvalue weighted by molar-refractivity contribution is -0.113. The van der Waals surface area contributed by atoms with E-state index in [0.717, 1.165) is 16.3 Å². The van der Waals surface area contributed by atoms with E-state index in [1.165, 1.54) is 30.2 Å². The van der Waals surface area contributed by atoms with E-state index < -0.39 is 5.97 Å². The van der Waals surface area contributed by atoms with Crippen molar-refractivity contribution in [2.24, 2.45) is 7.05 Å². The van der Waals surface area contributed by atoms with E-state index in [2.05, 4.69) is 15.5 Å². The maximum atomic E-state index is 12.6. The Labute approximate surface area is 222 Å². The van der Waals surface area contributed by atoms with Crippen LogP contribution < -0.4 is 10.1 Å². The molecule has 2 heterocycles. The number of amides is 1. The molecule has 1 aromatic carbocycles. The molecule has 35 heavy (non-hydrogen) atoms. The molecule has 0 saturated carbocycles. The average molecular weight is 558 g/mol. The van der Waals surface area contributed by atoms with Crippen molar-refractivity contribution in [3.05, 3.63) is 50.1 Å². The average Bonchev–Trinajstić information content (AvgIpc) is 3.34. The molecule has 1 amide bonds. The fraction of sp³-hybridized carbons (Fsp3) is 0.391. The number of nitrogens with zero attached hydrogens (tertiary/aromatic N) is 3. The lowest BCUT2D eigenvalue weighted by Gasteiger charge is -2.08. The summed E-state index contributed by atoms with van der Waals surface area (Å²) in [5, 5.41) is 13.4. The second kappa shape index (κ2) is 12.6. The SMILES string of the molecule is CCc1c(C)sc(NC(=O)CSc2nnc(CCCOc3ccc(Cl)cc3Cl)n2C)c1C(=O)OC. The Balaban J connectivity index is 1.52. The zero-order chi connectivity index (χ0) is 25.5. The molecule has 0 atom stereocenters. The highest BCUT2D eigenvalue weighted by Crippen LogP contribution is 2.34. The molecule has 0 spiro atoms. The molecule has 188 valence electrons. The minimum absolute atomic E-state index is 0.128. The number of carbonyl (C=O) groups is 2. The number of benzene rings is 1. The standard InChI is InChI=1S/C23H26Cl2N4O4S2/c1-5-15-13(2)35-21(20(15)22(31)32-4)26-19(30)12-34-23-28-27-18(29(23)3)7-6-10-33-17-9-8-14(24)11-16(17)25/h8-9,11H,5-7,10,12H2,1-4H3,(H,26,30). The second-order valence-corrected chi connectivity index (χ2v) is 10.5. The molecular weight excluding hydrogens is 531 g/mol. The minimum Gasteiger partial charge on any atom is -0.492 e. The first kappa shape index (κ1) is 27.3. The zero-order valence-corrected chi connectivity index (χ0v) is 23.0. The van der Waals surface area contributed by atoms with Crippen LogP contribution in [-0.2, 0) is 29.4 Å². The molecule has 0 bridgehead atoms. The monoisotopic (exact) mass is 556 g/mol. The number of aryl methyl sites for hydroxylation is 2. The van der Waals surface area contributed by atoms with Crippen LogP contribution in [-0.4, -0.2) is 46.1 Å². The van der Waals surface area contributed by atoms with Crippen molar-refractivity contribution >= 4 is 63.2 Å². The first-order valence-corrected chi connectivity index (χ1v) is 13.4. The summed E-state index contributed by atoms with van der Waals surface area (Å²) in [6.07, 6.45) is 2.04. The summed E-state index contributed by atoms with van der Waals surface area (Å²) in [5.74, 6) is 0.812. The molecule has 1 N–H and O–H groups in total. The molecule has 2 aromatic heterocycles. The topological polar surface area (TPSA) is 95.3 Å². The van der Waals surface area contributed by atoms with Gasteiger partial charge >= 0.3 is 5.97 Å². The van der Waals surface area contributed by atoms with Crippen LogP contribution in [0.1, 0.15) is 40.0 Å². The summed E-state index contributed by atoms with van der Waals surface area (Å²) < 4.78 is 12.5. The van der Waals surface area contributed by atoms with Gasteiger partial charge in [-0.2, -0.15) is 0 Å². The second-order valence-electron chi connectivity index (χ2n) is 7.51. The van der Waals surface area contributed by atoms with Crippen LogP contribution in [0.3, 0.4) is 0 Å². The quantitative estimate of drug-likeness (QED) is 0.187. The molecule has 0 unspecified atom stereocenters. The Morgan fingerprint density at radius 3 is 2.71 bits per heavy atom. The van der Waals surface area contributed by atoms with Gasteiger partial charge in [-0.1, -0.05) is 41.9 Å². The minimum atomic E-state index is -0.450. The van der Waals surface area contributed by atoms with Crippen LogP contribution in [0.15, 0.2) is 23.4 Å². The van der Waals surface area contributed by atoms with E-state index in [-0.39, 0.29) is 11.7 Å². The number of thioether (sulfide) groups is 1. The third kappa shape index (κ3) is 6.91. The number of hydrogen-bond donors (Lipinski definition) is 1. The maximum Gasteiger partial charge on any atom is 0.341 e. The number of halogens is 2. The zero-order valence-electron chi connectivity index (χ0n) is 19.8. The Morgan fingerprint density at radius 1 is 1.26 bits per heavy atom. The van der Waals surface area contributed by atoms with E-state index in [0.29, 0.717) is 57.4 Å². The molecule has 0 aliphatic heterocycles. The van der Waals surface area contributed by atoms with E-state index >= 15 is 0 Å². The number of methoxy groups -OCH3 is 1. The van der Waals surface area contributed by atoms with Crippen molar-refractivity contribution in [2.75, 3.05) is 24.8 Å². The fourth-order valence-electron chi connectivity index (χ4n) is 3.40. The van der Waals surface area contributed by atoms with Crippen molar-refractivity contribution in [2.45, 2.75) is 38.3 Å². The van der Waals surface area contributed by atoms with Crippen LogP contribution in [0, 0.1) is 6.92 Å². The fourth-order valence-corrected chi connectivity index (χ4v) is 5.74.